The number of hydrogen-bond acceptors (Lipinski definition) is 2. The van der Waals surface area contributed by atoms with E-state index >= 15 is 0 Å². The summed E-state index contributed by atoms with van der Waals surface area (Å²) in [7, 11) is 0. The van der Waals surface area contributed by atoms with Gasteiger partial charge in [-0.2, -0.15) is 0 Å². The van der Waals surface area contributed by atoms with E-state index in [2.05, 4.69) is 36.6 Å². The zero-order valence-corrected chi connectivity index (χ0v) is 16.8. The summed E-state index contributed by atoms with van der Waals surface area (Å²) in [5.74, 6) is 0.523. The summed E-state index contributed by atoms with van der Waals surface area (Å²) in [6.07, 6.45) is 0. The Bertz CT molecular complexity index is 940. The molecule has 3 rings (SSSR count). The zero-order valence-electron chi connectivity index (χ0n) is 16.0. The van der Waals surface area contributed by atoms with Crippen LogP contribution in [0.1, 0.15) is 22.3 Å². The second kappa shape index (κ2) is 9.33. The van der Waals surface area contributed by atoms with Gasteiger partial charge in [-0.15, -0.1) is 0 Å². The highest BCUT2D eigenvalue weighted by Crippen LogP contribution is 2.16. The van der Waals surface area contributed by atoms with E-state index in [0.29, 0.717) is 18.3 Å². The molecular weight excluding hydrogens is 371 g/mol. The van der Waals surface area contributed by atoms with Gasteiger partial charge in [-0.05, 0) is 84.7 Å². The molecule has 0 amide bonds. The van der Waals surface area contributed by atoms with Crippen LogP contribution in [0, 0.1) is 19.7 Å². The lowest BCUT2D eigenvalue weighted by Gasteiger charge is -2.12. The van der Waals surface area contributed by atoms with Crippen LogP contribution in [0.15, 0.2) is 66.7 Å². The second-order valence-corrected chi connectivity index (χ2v) is 7.07. The second-order valence-electron chi connectivity index (χ2n) is 6.67. The number of benzene rings is 3. The Hall–Kier alpha value is -2.92. The van der Waals surface area contributed by atoms with Gasteiger partial charge in [0.25, 0.3) is 0 Å². The van der Waals surface area contributed by atoms with Crippen molar-refractivity contribution in [2.75, 3.05) is 5.32 Å². The number of rotatable bonds is 6. The SMILES string of the molecule is Cc1ccc(NC(=S)NCc2ccc(OCc3ccc(F)cc3)cc2)cc1C. The molecule has 0 heterocycles. The summed E-state index contributed by atoms with van der Waals surface area (Å²) in [6, 6.07) is 20.3. The van der Waals surface area contributed by atoms with Crippen molar-refractivity contribution >= 4 is 23.0 Å². The molecule has 0 radical (unpaired) electrons. The van der Waals surface area contributed by atoms with Gasteiger partial charge in [-0.1, -0.05) is 30.3 Å². The molecule has 3 aromatic carbocycles. The van der Waals surface area contributed by atoms with Crippen molar-refractivity contribution in [2.45, 2.75) is 27.0 Å². The fraction of sp³-hybridized carbons (Fsp3) is 0.174. The van der Waals surface area contributed by atoms with Crippen LogP contribution in [-0.4, -0.2) is 5.11 Å². The smallest absolute Gasteiger partial charge is 0.171 e. The summed E-state index contributed by atoms with van der Waals surface area (Å²) in [5.41, 5.74) is 5.48. The van der Waals surface area contributed by atoms with Crippen molar-refractivity contribution in [1.82, 2.24) is 5.32 Å². The van der Waals surface area contributed by atoms with Crippen LogP contribution in [-0.2, 0) is 13.2 Å². The van der Waals surface area contributed by atoms with E-state index in [1.807, 2.05) is 30.3 Å². The van der Waals surface area contributed by atoms with Crippen LogP contribution in [0.4, 0.5) is 10.1 Å². The number of ether oxygens (including phenoxy) is 1. The molecule has 0 unspecified atom stereocenters. The largest absolute Gasteiger partial charge is 0.489 e. The minimum absolute atomic E-state index is 0.245. The highest BCUT2D eigenvalue weighted by molar-refractivity contribution is 7.80. The van der Waals surface area contributed by atoms with Crippen LogP contribution in [0.5, 0.6) is 5.75 Å². The lowest BCUT2D eigenvalue weighted by molar-refractivity contribution is 0.306. The summed E-state index contributed by atoms with van der Waals surface area (Å²) >= 11 is 5.37. The maximum Gasteiger partial charge on any atom is 0.171 e. The zero-order chi connectivity index (χ0) is 19.9. The fourth-order valence-corrected chi connectivity index (χ4v) is 2.82. The molecule has 0 atom stereocenters. The van der Waals surface area contributed by atoms with Crippen LogP contribution < -0.4 is 15.4 Å². The quantitative estimate of drug-likeness (QED) is 0.540. The standard InChI is InChI=1S/C23H23FN2OS/c1-16-3-10-21(13-17(16)2)26-23(28)25-14-18-6-11-22(12-7-18)27-15-19-4-8-20(24)9-5-19/h3-13H,14-15H2,1-2H3,(H2,25,26,28). The van der Waals surface area contributed by atoms with E-state index in [9.17, 15) is 4.39 Å². The normalized spacial score (nSPS) is 10.4. The van der Waals surface area contributed by atoms with Crippen molar-refractivity contribution < 1.29 is 9.13 Å². The summed E-state index contributed by atoms with van der Waals surface area (Å²) in [6.45, 7) is 5.19. The Balaban J connectivity index is 1.46. The van der Waals surface area contributed by atoms with Gasteiger partial charge in [0.15, 0.2) is 5.11 Å². The summed E-state index contributed by atoms with van der Waals surface area (Å²) in [5, 5.41) is 6.99. The highest BCUT2D eigenvalue weighted by Gasteiger charge is 2.02. The minimum Gasteiger partial charge on any atom is -0.489 e. The first-order chi connectivity index (χ1) is 13.5. The van der Waals surface area contributed by atoms with Gasteiger partial charge in [0.2, 0.25) is 0 Å². The molecular formula is C23H23FN2OS. The molecule has 28 heavy (non-hydrogen) atoms. The first kappa shape index (κ1) is 19.8. The summed E-state index contributed by atoms with van der Waals surface area (Å²) in [4.78, 5) is 0. The predicted octanol–water partition coefficient (Wildman–Crippen LogP) is 5.51. The molecule has 0 aromatic heterocycles. The number of anilines is 1. The van der Waals surface area contributed by atoms with E-state index in [-0.39, 0.29) is 5.82 Å². The molecule has 0 fully saturated rings. The number of hydrogen-bond donors (Lipinski definition) is 2. The van der Waals surface area contributed by atoms with E-state index in [0.717, 1.165) is 22.6 Å². The topological polar surface area (TPSA) is 33.3 Å². The third-order valence-electron chi connectivity index (χ3n) is 4.46. The van der Waals surface area contributed by atoms with Crippen molar-refractivity contribution in [3.8, 4) is 5.75 Å². The average Bonchev–Trinajstić information content (AvgIpc) is 2.69. The molecule has 3 aromatic rings. The molecule has 0 aliphatic carbocycles. The lowest BCUT2D eigenvalue weighted by Crippen LogP contribution is -2.27. The summed E-state index contributed by atoms with van der Waals surface area (Å²) < 4.78 is 18.7. The van der Waals surface area contributed by atoms with Crippen LogP contribution in [0.3, 0.4) is 0 Å². The fourth-order valence-electron chi connectivity index (χ4n) is 2.63. The number of thiocarbonyl (C=S) groups is 1. The van der Waals surface area contributed by atoms with Crippen LogP contribution >= 0.6 is 12.2 Å². The lowest BCUT2D eigenvalue weighted by atomic mass is 10.1. The molecule has 0 saturated carbocycles. The number of halogens is 1. The average molecular weight is 395 g/mol. The van der Waals surface area contributed by atoms with E-state index < -0.39 is 0 Å². The third-order valence-corrected chi connectivity index (χ3v) is 4.71. The molecule has 0 aliphatic heterocycles. The first-order valence-corrected chi connectivity index (χ1v) is 9.49. The Kier molecular flexibility index (Phi) is 6.61. The van der Waals surface area contributed by atoms with Gasteiger partial charge >= 0.3 is 0 Å². The third kappa shape index (κ3) is 5.79. The van der Waals surface area contributed by atoms with Gasteiger partial charge in [-0.25, -0.2) is 4.39 Å². The molecule has 2 N–H and O–H groups in total. The Morgan fingerprint density at radius 1 is 0.893 bits per heavy atom. The molecule has 0 saturated heterocycles. The van der Waals surface area contributed by atoms with Crippen molar-refractivity contribution in [1.29, 1.82) is 0 Å². The number of nitrogens with one attached hydrogen (secondary N) is 2. The van der Waals surface area contributed by atoms with Crippen molar-refractivity contribution in [3.63, 3.8) is 0 Å². The van der Waals surface area contributed by atoms with E-state index in [4.69, 9.17) is 17.0 Å². The minimum atomic E-state index is -0.245. The van der Waals surface area contributed by atoms with Crippen molar-refractivity contribution in [2.24, 2.45) is 0 Å². The Labute approximate surface area is 170 Å². The molecule has 0 spiro atoms. The van der Waals surface area contributed by atoms with E-state index in [1.54, 1.807) is 12.1 Å². The molecule has 144 valence electrons. The molecule has 0 aliphatic rings. The maximum atomic E-state index is 12.9. The van der Waals surface area contributed by atoms with Gasteiger partial charge in [0.1, 0.15) is 18.2 Å². The number of aryl methyl sites for hydroxylation is 2. The van der Waals surface area contributed by atoms with Crippen LogP contribution in [0.25, 0.3) is 0 Å². The van der Waals surface area contributed by atoms with Gasteiger partial charge in [0.05, 0.1) is 0 Å². The van der Waals surface area contributed by atoms with Gasteiger partial charge < -0.3 is 15.4 Å². The van der Waals surface area contributed by atoms with Gasteiger partial charge in [0, 0.05) is 12.2 Å². The highest BCUT2D eigenvalue weighted by atomic mass is 32.1. The van der Waals surface area contributed by atoms with Crippen molar-refractivity contribution in [3.05, 3.63) is 94.8 Å². The first-order valence-electron chi connectivity index (χ1n) is 9.08. The Morgan fingerprint density at radius 3 is 2.25 bits per heavy atom. The molecule has 3 nitrogen and oxygen atoms in total. The maximum absolute atomic E-state index is 12.9. The monoisotopic (exact) mass is 394 g/mol. The van der Waals surface area contributed by atoms with Gasteiger partial charge in [-0.3, -0.25) is 0 Å². The molecule has 5 heteroatoms. The molecule has 0 bridgehead atoms. The Morgan fingerprint density at radius 2 is 1.57 bits per heavy atom. The predicted molar refractivity (Wildman–Crippen MR) is 116 cm³/mol. The van der Waals surface area contributed by atoms with E-state index in [1.165, 1.54) is 23.3 Å². The van der Waals surface area contributed by atoms with Crippen LogP contribution in [0.2, 0.25) is 0 Å².